The Kier molecular flexibility index (Phi) is 5.10. The van der Waals surface area contributed by atoms with Crippen molar-refractivity contribution < 1.29 is 9.53 Å². The van der Waals surface area contributed by atoms with E-state index in [9.17, 15) is 4.79 Å². The fourth-order valence-corrected chi connectivity index (χ4v) is 2.42. The van der Waals surface area contributed by atoms with Gasteiger partial charge in [-0.1, -0.05) is 0 Å². The second-order valence-corrected chi connectivity index (χ2v) is 5.71. The highest BCUT2D eigenvalue weighted by Crippen LogP contribution is 2.17. The summed E-state index contributed by atoms with van der Waals surface area (Å²) in [6.07, 6.45) is 9.03. The van der Waals surface area contributed by atoms with E-state index < -0.39 is 6.04 Å². The van der Waals surface area contributed by atoms with Gasteiger partial charge in [0.1, 0.15) is 24.8 Å². The minimum atomic E-state index is -0.415. The van der Waals surface area contributed by atoms with E-state index in [0.717, 1.165) is 30.8 Å². The van der Waals surface area contributed by atoms with Crippen LogP contribution in [0.1, 0.15) is 25.8 Å². The van der Waals surface area contributed by atoms with E-state index in [4.69, 9.17) is 4.74 Å². The number of benzene rings is 1. The largest absolute Gasteiger partial charge is 0.497 e. The number of carbonyl (C=O) groups excluding carboxylic acids is 1. The Hall–Kier alpha value is -2.83. The highest BCUT2D eigenvalue weighted by atomic mass is 16.5. The predicted octanol–water partition coefficient (Wildman–Crippen LogP) is 2.58. The van der Waals surface area contributed by atoms with Gasteiger partial charge in [0.2, 0.25) is 5.91 Å². The molecule has 1 aliphatic heterocycles. The summed E-state index contributed by atoms with van der Waals surface area (Å²) in [6.45, 7) is 2.54. The Morgan fingerprint density at radius 3 is 2.83 bits per heavy atom. The lowest BCUT2D eigenvalue weighted by Gasteiger charge is -2.20. The molecule has 2 aromatic rings. The quantitative estimate of drug-likeness (QED) is 0.852. The van der Waals surface area contributed by atoms with Gasteiger partial charge in [-0.3, -0.25) is 4.79 Å². The Morgan fingerprint density at radius 2 is 2.17 bits per heavy atom. The van der Waals surface area contributed by atoms with E-state index in [1.807, 2.05) is 30.3 Å². The van der Waals surface area contributed by atoms with Crippen LogP contribution in [0, 0.1) is 0 Å². The van der Waals surface area contributed by atoms with Gasteiger partial charge in [-0.25, -0.2) is 9.67 Å². The Balaban J connectivity index is 1.50. The number of amides is 1. The number of nitrogens with zero attached hydrogens (tertiary/aromatic N) is 3. The van der Waals surface area contributed by atoms with E-state index >= 15 is 0 Å². The summed E-state index contributed by atoms with van der Waals surface area (Å²) in [5.74, 6) is -0.136. The number of ether oxygens (including phenoxy) is 1. The monoisotopic (exact) mass is 327 g/mol. The van der Waals surface area contributed by atoms with E-state index in [-0.39, 0.29) is 12.0 Å². The zero-order chi connectivity index (χ0) is 16.8. The number of allylic oxidation sites excluding steroid dienone is 1. The highest BCUT2D eigenvalue weighted by Gasteiger charge is 2.15. The molecule has 7 nitrogen and oxygen atoms in total. The van der Waals surface area contributed by atoms with Crippen LogP contribution in [0.4, 0.5) is 11.4 Å². The molecular weight excluding hydrogens is 306 g/mol. The van der Waals surface area contributed by atoms with Gasteiger partial charge < -0.3 is 15.4 Å². The average molecular weight is 327 g/mol. The Labute approximate surface area is 140 Å². The maximum Gasteiger partial charge on any atom is 0.249 e. The number of hydrogen-bond donors (Lipinski definition) is 2. The summed E-state index contributed by atoms with van der Waals surface area (Å²) in [4.78, 5) is 16.0. The van der Waals surface area contributed by atoms with Crippen molar-refractivity contribution in [2.75, 3.05) is 17.2 Å². The first kappa shape index (κ1) is 16.0. The molecule has 1 aromatic carbocycles. The second-order valence-electron chi connectivity index (χ2n) is 5.71. The van der Waals surface area contributed by atoms with Crippen LogP contribution in [-0.2, 0) is 9.53 Å². The highest BCUT2D eigenvalue weighted by molar-refractivity contribution is 5.93. The standard InChI is InChI=1S/C17H21N5O2/c1-13(22-12-18-11-20-22)17(23)21-15-7-5-14(6-8-15)19-10-16-4-2-3-9-24-16/h3,5-9,11-13,16,19H,2,4,10H2,1H3,(H,21,23)/t13-,16+/m1/s1. The van der Waals surface area contributed by atoms with Gasteiger partial charge in [-0.05, 0) is 50.1 Å². The summed E-state index contributed by atoms with van der Waals surface area (Å²) in [5, 5.41) is 10.2. The van der Waals surface area contributed by atoms with Crippen LogP contribution in [0.15, 0.2) is 49.3 Å². The van der Waals surface area contributed by atoms with Crippen molar-refractivity contribution >= 4 is 17.3 Å². The summed E-state index contributed by atoms with van der Waals surface area (Å²) in [5.41, 5.74) is 1.74. The average Bonchev–Trinajstić information content (AvgIpc) is 3.16. The molecule has 1 aliphatic rings. The first-order valence-corrected chi connectivity index (χ1v) is 8.02. The van der Waals surface area contributed by atoms with Crippen molar-refractivity contribution in [3.8, 4) is 0 Å². The fraction of sp³-hybridized carbons (Fsp3) is 0.353. The predicted molar refractivity (Wildman–Crippen MR) is 91.5 cm³/mol. The minimum absolute atomic E-state index is 0.136. The number of aromatic nitrogens is 3. The normalized spacial score (nSPS) is 17.8. The van der Waals surface area contributed by atoms with Crippen molar-refractivity contribution in [2.24, 2.45) is 0 Å². The first-order valence-electron chi connectivity index (χ1n) is 8.02. The molecule has 2 atom stereocenters. The lowest BCUT2D eigenvalue weighted by Crippen LogP contribution is -2.24. The van der Waals surface area contributed by atoms with Crippen LogP contribution in [0.3, 0.4) is 0 Å². The summed E-state index contributed by atoms with van der Waals surface area (Å²) in [6, 6.07) is 7.20. The van der Waals surface area contributed by atoms with Crippen LogP contribution in [0.2, 0.25) is 0 Å². The number of rotatable bonds is 6. The van der Waals surface area contributed by atoms with Gasteiger partial charge in [0, 0.05) is 11.4 Å². The van der Waals surface area contributed by atoms with Crippen LogP contribution in [0.5, 0.6) is 0 Å². The smallest absolute Gasteiger partial charge is 0.249 e. The van der Waals surface area contributed by atoms with Crippen molar-refractivity contribution in [3.05, 3.63) is 49.3 Å². The maximum atomic E-state index is 12.2. The van der Waals surface area contributed by atoms with E-state index in [1.165, 1.54) is 17.3 Å². The number of anilines is 2. The lowest BCUT2D eigenvalue weighted by molar-refractivity contribution is -0.119. The molecule has 0 unspecified atom stereocenters. The molecule has 126 valence electrons. The van der Waals surface area contributed by atoms with Gasteiger partial charge >= 0.3 is 0 Å². The molecule has 0 aliphatic carbocycles. The van der Waals surface area contributed by atoms with Crippen LogP contribution < -0.4 is 10.6 Å². The van der Waals surface area contributed by atoms with Gasteiger partial charge in [-0.2, -0.15) is 5.10 Å². The molecule has 0 radical (unpaired) electrons. The van der Waals surface area contributed by atoms with Crippen LogP contribution in [-0.4, -0.2) is 33.3 Å². The molecule has 2 heterocycles. The third-order valence-electron chi connectivity index (χ3n) is 3.92. The molecule has 0 saturated heterocycles. The molecule has 24 heavy (non-hydrogen) atoms. The number of nitrogens with one attached hydrogen (secondary N) is 2. The third-order valence-corrected chi connectivity index (χ3v) is 3.92. The summed E-state index contributed by atoms with van der Waals surface area (Å²) in [7, 11) is 0. The topological polar surface area (TPSA) is 81.1 Å². The van der Waals surface area contributed by atoms with E-state index in [0.29, 0.717) is 0 Å². The zero-order valence-corrected chi connectivity index (χ0v) is 13.6. The maximum absolute atomic E-state index is 12.2. The number of hydrogen-bond acceptors (Lipinski definition) is 5. The molecule has 0 bridgehead atoms. The van der Waals surface area contributed by atoms with Crippen molar-refractivity contribution in [3.63, 3.8) is 0 Å². The molecular formula is C17H21N5O2. The SMILES string of the molecule is C[C@H](C(=O)Nc1ccc(NC[C@@H]2CCC=CO2)cc1)n1cncn1. The van der Waals surface area contributed by atoms with Gasteiger partial charge in [0.05, 0.1) is 12.8 Å². The van der Waals surface area contributed by atoms with Crippen LogP contribution in [0.25, 0.3) is 0 Å². The number of carbonyl (C=O) groups is 1. The summed E-state index contributed by atoms with van der Waals surface area (Å²) >= 11 is 0. The second kappa shape index (κ2) is 7.63. The minimum Gasteiger partial charge on any atom is -0.497 e. The lowest BCUT2D eigenvalue weighted by atomic mass is 10.1. The molecule has 3 rings (SSSR count). The fourth-order valence-electron chi connectivity index (χ4n) is 2.42. The molecule has 0 spiro atoms. The zero-order valence-electron chi connectivity index (χ0n) is 13.6. The molecule has 2 N–H and O–H groups in total. The third kappa shape index (κ3) is 4.13. The molecule has 7 heteroatoms. The molecule has 1 aromatic heterocycles. The van der Waals surface area contributed by atoms with Crippen molar-refractivity contribution in [1.82, 2.24) is 14.8 Å². The van der Waals surface area contributed by atoms with Crippen molar-refractivity contribution in [2.45, 2.75) is 31.9 Å². The molecule has 0 fully saturated rings. The van der Waals surface area contributed by atoms with Crippen LogP contribution >= 0.6 is 0 Å². The molecule has 0 saturated carbocycles. The summed E-state index contributed by atoms with van der Waals surface area (Å²) < 4.78 is 7.04. The first-order chi connectivity index (χ1) is 11.7. The van der Waals surface area contributed by atoms with E-state index in [2.05, 4.69) is 20.7 Å². The van der Waals surface area contributed by atoms with Gasteiger partial charge in [-0.15, -0.1) is 0 Å². The van der Waals surface area contributed by atoms with Crippen molar-refractivity contribution in [1.29, 1.82) is 0 Å². The van der Waals surface area contributed by atoms with E-state index in [1.54, 1.807) is 13.2 Å². The van der Waals surface area contributed by atoms with Gasteiger partial charge in [0.25, 0.3) is 0 Å². The molecule has 1 amide bonds. The Morgan fingerprint density at radius 1 is 1.38 bits per heavy atom. The van der Waals surface area contributed by atoms with Gasteiger partial charge in [0.15, 0.2) is 0 Å². The Bertz CT molecular complexity index is 682.